The van der Waals surface area contributed by atoms with E-state index in [1.165, 1.54) is 0 Å². The van der Waals surface area contributed by atoms with Crippen LogP contribution in [0.4, 0.5) is 0 Å². The molecule has 1 aliphatic rings. The van der Waals surface area contributed by atoms with Gasteiger partial charge in [0.05, 0.1) is 10.7 Å². The molecule has 4 nitrogen and oxygen atoms in total. The summed E-state index contributed by atoms with van der Waals surface area (Å²) in [5, 5.41) is 7.62. The van der Waals surface area contributed by atoms with Crippen molar-refractivity contribution in [2.45, 2.75) is 12.8 Å². The molecule has 1 aromatic carbocycles. The van der Waals surface area contributed by atoms with Crippen molar-refractivity contribution in [2.75, 3.05) is 13.1 Å². The van der Waals surface area contributed by atoms with Crippen LogP contribution in [0.15, 0.2) is 30.3 Å². The second-order valence-electron chi connectivity index (χ2n) is 4.65. The number of carbonyl (C=O) groups excluding carboxylic acids is 1. The molecule has 3 rings (SSSR count). The highest BCUT2D eigenvalue weighted by molar-refractivity contribution is 6.33. The van der Waals surface area contributed by atoms with Crippen molar-refractivity contribution >= 4 is 17.5 Å². The van der Waals surface area contributed by atoms with Gasteiger partial charge in [0.15, 0.2) is 0 Å². The largest absolute Gasteiger partial charge is 0.337 e. The number of hydrogen-bond donors (Lipinski definition) is 1. The molecule has 2 heterocycles. The number of halogens is 1. The number of likely N-dealkylation sites (tertiary alicyclic amines) is 1. The van der Waals surface area contributed by atoms with Gasteiger partial charge in [-0.15, -0.1) is 0 Å². The highest BCUT2D eigenvalue weighted by atomic mass is 35.5. The van der Waals surface area contributed by atoms with Gasteiger partial charge < -0.3 is 4.90 Å². The number of aromatic amines is 1. The first-order valence-corrected chi connectivity index (χ1v) is 6.73. The Hall–Kier alpha value is -1.81. The Morgan fingerprint density at radius 3 is 2.74 bits per heavy atom. The van der Waals surface area contributed by atoms with Crippen LogP contribution in [0, 0.1) is 0 Å². The summed E-state index contributed by atoms with van der Waals surface area (Å²) in [5.41, 5.74) is 2.06. The van der Waals surface area contributed by atoms with E-state index in [0.29, 0.717) is 16.4 Å². The van der Waals surface area contributed by atoms with Crippen LogP contribution < -0.4 is 0 Å². The number of aromatic nitrogens is 2. The van der Waals surface area contributed by atoms with E-state index in [1.54, 1.807) is 6.07 Å². The summed E-state index contributed by atoms with van der Waals surface area (Å²) in [5.74, 6) is 0.0169. The van der Waals surface area contributed by atoms with Gasteiger partial charge in [0, 0.05) is 18.7 Å². The lowest BCUT2D eigenvalue weighted by atomic mass is 10.1. The highest BCUT2D eigenvalue weighted by Gasteiger charge is 2.21. The lowest BCUT2D eigenvalue weighted by Crippen LogP contribution is -2.27. The Morgan fingerprint density at radius 2 is 2.00 bits per heavy atom. The highest BCUT2D eigenvalue weighted by Crippen LogP contribution is 2.26. The van der Waals surface area contributed by atoms with E-state index in [4.69, 9.17) is 11.6 Å². The fraction of sp³-hybridized carbons (Fsp3) is 0.286. The summed E-state index contributed by atoms with van der Waals surface area (Å²) in [4.78, 5) is 14.0. The van der Waals surface area contributed by atoms with Crippen LogP contribution in [-0.2, 0) is 0 Å². The van der Waals surface area contributed by atoms with Crippen molar-refractivity contribution in [1.82, 2.24) is 15.1 Å². The number of nitrogens with one attached hydrogen (secondary N) is 1. The third kappa shape index (κ3) is 2.36. The van der Waals surface area contributed by atoms with Gasteiger partial charge in [-0.1, -0.05) is 29.8 Å². The van der Waals surface area contributed by atoms with E-state index < -0.39 is 0 Å². The van der Waals surface area contributed by atoms with Gasteiger partial charge in [-0.05, 0) is 25.0 Å². The van der Waals surface area contributed by atoms with Gasteiger partial charge in [-0.2, -0.15) is 5.10 Å². The molecular weight excluding hydrogens is 262 g/mol. The SMILES string of the molecule is O=C(c1cc(-c2ccccc2Cl)n[nH]1)N1CCCC1. The minimum absolute atomic E-state index is 0.0169. The number of carbonyl (C=O) groups is 1. The molecule has 1 fully saturated rings. The van der Waals surface area contributed by atoms with Gasteiger partial charge in [0.1, 0.15) is 5.69 Å². The maximum atomic E-state index is 12.2. The van der Waals surface area contributed by atoms with E-state index in [1.807, 2.05) is 29.2 Å². The Morgan fingerprint density at radius 1 is 1.26 bits per heavy atom. The normalized spacial score (nSPS) is 14.9. The van der Waals surface area contributed by atoms with E-state index in [2.05, 4.69) is 10.2 Å². The number of H-pyrrole nitrogens is 1. The standard InChI is InChI=1S/C14H14ClN3O/c15-11-6-2-1-5-10(11)12-9-13(17-16-12)14(19)18-7-3-4-8-18/h1-2,5-6,9H,3-4,7-8H2,(H,16,17). The van der Waals surface area contributed by atoms with Crippen molar-refractivity contribution in [2.24, 2.45) is 0 Å². The predicted molar refractivity (Wildman–Crippen MR) is 74.2 cm³/mol. The zero-order valence-electron chi connectivity index (χ0n) is 10.4. The Balaban J connectivity index is 1.87. The van der Waals surface area contributed by atoms with E-state index in [9.17, 15) is 4.79 Å². The molecule has 1 aliphatic heterocycles. The number of benzene rings is 1. The Labute approximate surface area is 116 Å². The molecule has 0 radical (unpaired) electrons. The first kappa shape index (κ1) is 12.2. The van der Waals surface area contributed by atoms with Crippen molar-refractivity contribution in [3.63, 3.8) is 0 Å². The Kier molecular flexibility index (Phi) is 3.25. The van der Waals surface area contributed by atoms with E-state index in [0.717, 1.165) is 31.5 Å². The predicted octanol–water partition coefficient (Wildman–Crippen LogP) is 2.97. The third-order valence-electron chi connectivity index (χ3n) is 3.35. The van der Waals surface area contributed by atoms with Crippen molar-refractivity contribution in [1.29, 1.82) is 0 Å². The van der Waals surface area contributed by atoms with Gasteiger partial charge >= 0.3 is 0 Å². The van der Waals surface area contributed by atoms with Gasteiger partial charge in [-0.25, -0.2) is 0 Å². The first-order valence-electron chi connectivity index (χ1n) is 6.35. The molecule has 19 heavy (non-hydrogen) atoms. The first-order chi connectivity index (χ1) is 9.25. The summed E-state index contributed by atoms with van der Waals surface area (Å²) in [6, 6.07) is 9.24. The zero-order valence-corrected chi connectivity index (χ0v) is 11.2. The molecule has 0 unspecified atom stereocenters. The third-order valence-corrected chi connectivity index (χ3v) is 3.68. The molecule has 1 N–H and O–H groups in total. The second-order valence-corrected chi connectivity index (χ2v) is 5.05. The number of nitrogens with zero attached hydrogens (tertiary/aromatic N) is 2. The molecular formula is C14H14ClN3O. The lowest BCUT2D eigenvalue weighted by Gasteiger charge is -2.12. The van der Waals surface area contributed by atoms with Crippen molar-refractivity contribution < 1.29 is 4.79 Å². The zero-order chi connectivity index (χ0) is 13.2. The minimum atomic E-state index is 0.0169. The van der Waals surface area contributed by atoms with Crippen LogP contribution in [0.1, 0.15) is 23.3 Å². The fourth-order valence-electron chi connectivity index (χ4n) is 2.33. The van der Waals surface area contributed by atoms with Crippen LogP contribution >= 0.6 is 11.6 Å². The molecule has 2 aromatic rings. The maximum absolute atomic E-state index is 12.2. The van der Waals surface area contributed by atoms with Crippen LogP contribution in [0.3, 0.4) is 0 Å². The summed E-state index contributed by atoms with van der Waals surface area (Å²) in [6.45, 7) is 1.67. The van der Waals surface area contributed by atoms with Gasteiger partial charge in [0.2, 0.25) is 0 Å². The molecule has 0 spiro atoms. The molecule has 1 saturated heterocycles. The molecule has 5 heteroatoms. The summed E-state index contributed by atoms with van der Waals surface area (Å²) in [6.07, 6.45) is 2.16. The smallest absolute Gasteiger partial charge is 0.271 e. The monoisotopic (exact) mass is 275 g/mol. The topological polar surface area (TPSA) is 49.0 Å². The summed E-state index contributed by atoms with van der Waals surface area (Å²) in [7, 11) is 0. The minimum Gasteiger partial charge on any atom is -0.337 e. The average Bonchev–Trinajstić information content (AvgIpc) is 3.10. The van der Waals surface area contributed by atoms with Crippen molar-refractivity contribution in [3.05, 3.63) is 41.0 Å². The molecule has 0 saturated carbocycles. The van der Waals surface area contributed by atoms with Crippen LogP contribution in [0.25, 0.3) is 11.3 Å². The fourth-order valence-corrected chi connectivity index (χ4v) is 2.56. The maximum Gasteiger partial charge on any atom is 0.271 e. The van der Waals surface area contributed by atoms with E-state index >= 15 is 0 Å². The van der Waals surface area contributed by atoms with Gasteiger partial charge in [0.25, 0.3) is 5.91 Å². The molecule has 0 atom stereocenters. The van der Waals surface area contributed by atoms with Crippen LogP contribution in [-0.4, -0.2) is 34.1 Å². The molecule has 0 bridgehead atoms. The quantitative estimate of drug-likeness (QED) is 0.916. The molecule has 0 aliphatic carbocycles. The van der Waals surface area contributed by atoms with Crippen molar-refractivity contribution in [3.8, 4) is 11.3 Å². The summed E-state index contributed by atoms with van der Waals surface area (Å²) < 4.78 is 0. The molecule has 1 amide bonds. The Bertz CT molecular complexity index is 602. The lowest BCUT2D eigenvalue weighted by molar-refractivity contribution is 0.0787. The van der Waals surface area contributed by atoms with Crippen LogP contribution in [0.5, 0.6) is 0 Å². The second kappa shape index (κ2) is 5.05. The van der Waals surface area contributed by atoms with E-state index in [-0.39, 0.29) is 5.91 Å². The average molecular weight is 276 g/mol. The number of rotatable bonds is 2. The van der Waals surface area contributed by atoms with Gasteiger partial charge in [-0.3, -0.25) is 9.89 Å². The molecule has 98 valence electrons. The number of hydrogen-bond acceptors (Lipinski definition) is 2. The van der Waals surface area contributed by atoms with Crippen LogP contribution in [0.2, 0.25) is 5.02 Å². The summed E-state index contributed by atoms with van der Waals surface area (Å²) >= 11 is 6.13. The number of amides is 1. The molecule has 1 aromatic heterocycles.